The van der Waals surface area contributed by atoms with Crippen molar-refractivity contribution in [3.63, 3.8) is 0 Å². The molecule has 1 fully saturated rings. The van der Waals surface area contributed by atoms with Gasteiger partial charge in [-0.05, 0) is 38.0 Å². The number of carboxylic acids is 1. The average Bonchev–Trinajstić information content (AvgIpc) is 2.50. The number of aryl methyl sites for hydroxylation is 1. The minimum Gasteiger partial charge on any atom is -0.478 e. The topological polar surface area (TPSA) is 131 Å². The van der Waals surface area contributed by atoms with Crippen LogP contribution >= 0.6 is 0 Å². The number of carbonyl (C=O) groups excluding carboxylic acids is 2. The summed E-state index contributed by atoms with van der Waals surface area (Å²) in [6.07, 6.45) is 0.125. The highest BCUT2D eigenvalue weighted by Gasteiger charge is 2.42. The summed E-state index contributed by atoms with van der Waals surface area (Å²) in [5.41, 5.74) is -1.57. The Kier molecular flexibility index (Phi) is 3.43. The molecule has 0 radical (unpaired) electrons. The Balaban J connectivity index is 2.30. The van der Waals surface area contributed by atoms with Gasteiger partial charge in [0.1, 0.15) is 11.1 Å². The number of benzene rings is 1. The number of hydrogen-bond donors (Lipinski definition) is 2. The number of fused-ring (bicyclic) bond motifs is 1. The lowest BCUT2D eigenvalue weighted by Gasteiger charge is -2.31. The fourth-order valence-electron chi connectivity index (χ4n) is 2.80. The lowest BCUT2D eigenvalue weighted by molar-refractivity contribution is -0.140. The number of nitrogens with zero attached hydrogens (tertiary/aromatic N) is 3. The minimum absolute atomic E-state index is 0.0497. The molecule has 24 heavy (non-hydrogen) atoms. The van der Waals surface area contributed by atoms with E-state index in [0.717, 1.165) is 4.68 Å². The Morgan fingerprint density at radius 3 is 2.67 bits per heavy atom. The van der Waals surface area contributed by atoms with Crippen molar-refractivity contribution in [2.75, 3.05) is 0 Å². The van der Waals surface area contributed by atoms with E-state index in [4.69, 9.17) is 0 Å². The van der Waals surface area contributed by atoms with Crippen molar-refractivity contribution in [1.29, 1.82) is 0 Å². The van der Waals surface area contributed by atoms with E-state index < -0.39 is 28.9 Å². The summed E-state index contributed by atoms with van der Waals surface area (Å²) in [4.78, 5) is 47.9. The standard InChI is InChI=1S/C15H14N4O5/c1-7-5-8(13(22)23)11-9(6-7)17-18-19(12(11)21)15(2)4-3-10(20)16-14(15)24/h5-6H,3-4H2,1-2H3,(H,22,23)(H,16,20,24). The van der Waals surface area contributed by atoms with Gasteiger partial charge >= 0.3 is 5.97 Å². The molecule has 1 aliphatic heterocycles. The maximum Gasteiger partial charge on any atom is 0.336 e. The molecule has 1 aromatic heterocycles. The third-order valence-corrected chi connectivity index (χ3v) is 4.19. The predicted molar refractivity (Wildman–Crippen MR) is 81.5 cm³/mol. The van der Waals surface area contributed by atoms with Gasteiger partial charge in [0, 0.05) is 6.42 Å². The van der Waals surface area contributed by atoms with Crippen LogP contribution < -0.4 is 10.9 Å². The number of amides is 2. The third kappa shape index (κ3) is 2.25. The summed E-state index contributed by atoms with van der Waals surface area (Å²) in [5, 5.41) is 19.1. The van der Waals surface area contributed by atoms with E-state index in [1.807, 2.05) is 0 Å². The first-order valence-corrected chi connectivity index (χ1v) is 7.22. The van der Waals surface area contributed by atoms with E-state index >= 15 is 0 Å². The van der Waals surface area contributed by atoms with Crippen LogP contribution in [-0.2, 0) is 15.1 Å². The van der Waals surface area contributed by atoms with Gasteiger partial charge in [-0.1, -0.05) is 5.21 Å². The quantitative estimate of drug-likeness (QED) is 0.738. The Bertz CT molecular complexity index is 964. The van der Waals surface area contributed by atoms with Crippen LogP contribution in [0, 0.1) is 6.92 Å². The van der Waals surface area contributed by atoms with Gasteiger partial charge in [-0.3, -0.25) is 19.7 Å². The lowest BCUT2D eigenvalue weighted by Crippen LogP contribution is -2.56. The molecule has 1 atom stereocenters. The smallest absolute Gasteiger partial charge is 0.336 e. The van der Waals surface area contributed by atoms with Crippen LogP contribution in [0.3, 0.4) is 0 Å². The maximum absolute atomic E-state index is 12.8. The first kappa shape index (κ1) is 15.8. The molecular formula is C15H14N4O5. The fraction of sp³-hybridized carbons (Fsp3) is 0.333. The van der Waals surface area contributed by atoms with Crippen molar-refractivity contribution in [3.8, 4) is 0 Å². The molecule has 3 rings (SSSR count). The Labute approximate surface area is 135 Å². The van der Waals surface area contributed by atoms with Crippen LogP contribution in [-0.4, -0.2) is 37.9 Å². The molecule has 0 spiro atoms. The van der Waals surface area contributed by atoms with Crippen LogP contribution in [0.15, 0.2) is 16.9 Å². The van der Waals surface area contributed by atoms with Crippen molar-refractivity contribution in [2.45, 2.75) is 32.2 Å². The second kappa shape index (κ2) is 5.22. The monoisotopic (exact) mass is 330 g/mol. The Hall–Kier alpha value is -3.10. The summed E-state index contributed by atoms with van der Waals surface area (Å²) >= 11 is 0. The molecule has 1 saturated heterocycles. The van der Waals surface area contributed by atoms with Crippen LogP contribution in [0.4, 0.5) is 0 Å². The van der Waals surface area contributed by atoms with Gasteiger partial charge in [-0.2, -0.15) is 4.68 Å². The number of rotatable bonds is 2. The first-order chi connectivity index (χ1) is 11.2. The van der Waals surface area contributed by atoms with E-state index in [0.29, 0.717) is 5.56 Å². The zero-order chi connectivity index (χ0) is 17.6. The average molecular weight is 330 g/mol. The van der Waals surface area contributed by atoms with Crippen LogP contribution in [0.1, 0.15) is 35.7 Å². The molecule has 9 heteroatoms. The van der Waals surface area contributed by atoms with Gasteiger partial charge in [-0.15, -0.1) is 5.10 Å². The van der Waals surface area contributed by atoms with E-state index in [9.17, 15) is 24.3 Å². The second-order valence-corrected chi connectivity index (χ2v) is 5.97. The number of piperidine rings is 1. The normalized spacial score (nSPS) is 20.9. The molecule has 0 bridgehead atoms. The number of hydrogen-bond acceptors (Lipinski definition) is 6. The molecule has 0 aliphatic carbocycles. The van der Waals surface area contributed by atoms with Crippen LogP contribution in [0.5, 0.6) is 0 Å². The van der Waals surface area contributed by atoms with Gasteiger partial charge in [-0.25, -0.2) is 4.79 Å². The molecular weight excluding hydrogens is 316 g/mol. The Morgan fingerprint density at radius 1 is 1.33 bits per heavy atom. The molecule has 1 aromatic carbocycles. The van der Waals surface area contributed by atoms with Gasteiger partial charge in [0.05, 0.1) is 10.9 Å². The molecule has 124 valence electrons. The van der Waals surface area contributed by atoms with E-state index in [2.05, 4.69) is 15.6 Å². The summed E-state index contributed by atoms with van der Waals surface area (Å²) in [5.74, 6) is -2.37. The van der Waals surface area contributed by atoms with Crippen molar-refractivity contribution in [3.05, 3.63) is 33.6 Å². The van der Waals surface area contributed by atoms with Crippen molar-refractivity contribution < 1.29 is 19.5 Å². The largest absolute Gasteiger partial charge is 0.478 e. The van der Waals surface area contributed by atoms with Crippen molar-refractivity contribution >= 4 is 28.7 Å². The van der Waals surface area contributed by atoms with Crippen molar-refractivity contribution in [2.24, 2.45) is 0 Å². The fourth-order valence-corrected chi connectivity index (χ4v) is 2.80. The number of carboxylic acid groups (broad SMARTS) is 1. The highest BCUT2D eigenvalue weighted by molar-refractivity contribution is 6.03. The molecule has 9 nitrogen and oxygen atoms in total. The highest BCUT2D eigenvalue weighted by Crippen LogP contribution is 2.25. The Morgan fingerprint density at radius 2 is 2.04 bits per heavy atom. The first-order valence-electron chi connectivity index (χ1n) is 7.22. The third-order valence-electron chi connectivity index (χ3n) is 4.19. The van der Waals surface area contributed by atoms with E-state index in [-0.39, 0.29) is 29.3 Å². The summed E-state index contributed by atoms with van der Waals surface area (Å²) < 4.78 is 0.860. The predicted octanol–water partition coefficient (Wildman–Crippen LogP) is -0.0501. The molecule has 2 amide bonds. The molecule has 0 saturated carbocycles. The van der Waals surface area contributed by atoms with Gasteiger partial charge < -0.3 is 5.11 Å². The van der Waals surface area contributed by atoms with Crippen LogP contribution in [0.2, 0.25) is 0 Å². The van der Waals surface area contributed by atoms with Crippen molar-refractivity contribution in [1.82, 2.24) is 20.3 Å². The van der Waals surface area contributed by atoms with Crippen LogP contribution in [0.25, 0.3) is 10.9 Å². The zero-order valence-electron chi connectivity index (χ0n) is 13.0. The molecule has 2 aromatic rings. The molecule has 1 aliphatic rings. The molecule has 2 N–H and O–H groups in total. The zero-order valence-corrected chi connectivity index (χ0v) is 13.0. The number of imide groups is 1. The summed E-state index contributed by atoms with van der Waals surface area (Å²) in [7, 11) is 0. The molecule has 1 unspecified atom stereocenters. The highest BCUT2D eigenvalue weighted by atomic mass is 16.4. The second-order valence-electron chi connectivity index (χ2n) is 5.97. The molecule has 2 heterocycles. The summed E-state index contributed by atoms with van der Waals surface area (Å²) in [6.45, 7) is 3.14. The van der Waals surface area contributed by atoms with Gasteiger partial charge in [0.25, 0.3) is 11.5 Å². The number of carbonyl (C=O) groups is 3. The summed E-state index contributed by atoms with van der Waals surface area (Å²) in [6, 6.07) is 2.91. The number of nitrogens with one attached hydrogen (secondary N) is 1. The van der Waals surface area contributed by atoms with E-state index in [1.165, 1.54) is 13.0 Å². The van der Waals surface area contributed by atoms with Gasteiger partial charge in [0.2, 0.25) is 5.91 Å². The number of aromatic nitrogens is 3. The van der Waals surface area contributed by atoms with Gasteiger partial charge in [0.15, 0.2) is 0 Å². The lowest BCUT2D eigenvalue weighted by atomic mass is 9.91. The number of aromatic carboxylic acids is 1. The SMILES string of the molecule is Cc1cc(C(=O)O)c2c(=O)n(C3(C)CCC(=O)NC3=O)nnc2c1. The maximum atomic E-state index is 12.8. The van der Waals surface area contributed by atoms with E-state index in [1.54, 1.807) is 13.0 Å². The minimum atomic E-state index is -1.41.